The quantitative estimate of drug-likeness (QED) is 0.609. The monoisotopic (exact) mass is 142 g/mol. The third-order valence-electron chi connectivity index (χ3n) is 2.32. The van der Waals surface area contributed by atoms with Crippen molar-refractivity contribution in [1.82, 2.24) is 5.32 Å². The maximum Gasteiger partial charge on any atom is 0.0206 e. The molecular formula is C8H18N2. The Kier molecular flexibility index (Phi) is 3.16. The number of unbranched alkanes of at least 4 members (excludes halogenated alkanes) is 1. The van der Waals surface area contributed by atoms with Gasteiger partial charge >= 0.3 is 0 Å². The zero-order valence-corrected chi connectivity index (χ0v) is 6.77. The summed E-state index contributed by atoms with van der Waals surface area (Å²) in [7, 11) is 0. The van der Waals surface area contributed by atoms with Crippen molar-refractivity contribution in [3.63, 3.8) is 0 Å². The van der Waals surface area contributed by atoms with Gasteiger partial charge in [0.25, 0.3) is 0 Å². The fraction of sp³-hybridized carbons (Fsp3) is 1.00. The Morgan fingerprint density at radius 1 is 1.50 bits per heavy atom. The summed E-state index contributed by atoms with van der Waals surface area (Å²) in [6.07, 6.45) is 3.94. The van der Waals surface area contributed by atoms with E-state index in [-0.39, 0.29) is 0 Å². The summed E-state index contributed by atoms with van der Waals surface area (Å²) < 4.78 is 0. The van der Waals surface area contributed by atoms with E-state index in [0.717, 1.165) is 19.0 Å². The molecule has 2 heteroatoms. The molecule has 0 radical (unpaired) electrons. The molecule has 0 spiro atoms. The minimum Gasteiger partial charge on any atom is -0.326 e. The van der Waals surface area contributed by atoms with Gasteiger partial charge in [-0.15, -0.1) is 0 Å². The Morgan fingerprint density at radius 2 is 2.30 bits per heavy atom. The van der Waals surface area contributed by atoms with Crippen LogP contribution in [0.5, 0.6) is 0 Å². The minimum atomic E-state index is 0.423. The zero-order valence-electron chi connectivity index (χ0n) is 6.77. The fourth-order valence-electron chi connectivity index (χ4n) is 1.54. The first-order valence-electron chi connectivity index (χ1n) is 4.31. The second-order valence-electron chi connectivity index (χ2n) is 3.22. The lowest BCUT2D eigenvalue weighted by atomic mass is 9.98. The fourth-order valence-corrected chi connectivity index (χ4v) is 1.54. The molecule has 0 amide bonds. The average Bonchev–Trinajstić information content (AvgIpc) is 2.31. The highest BCUT2D eigenvalue weighted by atomic mass is 15.0. The summed E-state index contributed by atoms with van der Waals surface area (Å²) in [5.74, 6) is 0.750. The standard InChI is InChI=1S/C8H18N2/c1-2-3-4-7-5-10-6-8(7)9/h7-8,10H,2-6,9H2,1H3/t7-,8+/m1/s1. The predicted octanol–water partition coefficient (Wildman–Crippen LogP) is 0.723. The maximum atomic E-state index is 5.86. The Balaban J connectivity index is 2.14. The van der Waals surface area contributed by atoms with E-state index in [0.29, 0.717) is 6.04 Å². The van der Waals surface area contributed by atoms with Crippen LogP contribution in [0.2, 0.25) is 0 Å². The molecule has 10 heavy (non-hydrogen) atoms. The molecule has 0 aromatic rings. The molecule has 2 atom stereocenters. The molecule has 0 aromatic carbocycles. The van der Waals surface area contributed by atoms with Crippen molar-refractivity contribution in [2.24, 2.45) is 11.7 Å². The second-order valence-corrected chi connectivity index (χ2v) is 3.22. The number of nitrogens with one attached hydrogen (secondary N) is 1. The van der Waals surface area contributed by atoms with Crippen molar-refractivity contribution in [3.8, 4) is 0 Å². The highest BCUT2D eigenvalue weighted by Crippen LogP contribution is 2.14. The lowest BCUT2D eigenvalue weighted by Crippen LogP contribution is -2.28. The summed E-state index contributed by atoms with van der Waals surface area (Å²) in [5.41, 5.74) is 5.86. The molecule has 1 fully saturated rings. The lowest BCUT2D eigenvalue weighted by molar-refractivity contribution is 0.458. The summed E-state index contributed by atoms with van der Waals surface area (Å²) in [6.45, 7) is 4.39. The van der Waals surface area contributed by atoms with E-state index in [4.69, 9.17) is 5.73 Å². The van der Waals surface area contributed by atoms with Crippen molar-refractivity contribution in [2.75, 3.05) is 13.1 Å². The molecule has 1 aliphatic rings. The molecular weight excluding hydrogens is 124 g/mol. The van der Waals surface area contributed by atoms with E-state index in [1.165, 1.54) is 19.3 Å². The van der Waals surface area contributed by atoms with Crippen LogP contribution in [0, 0.1) is 5.92 Å². The second kappa shape index (κ2) is 3.94. The first kappa shape index (κ1) is 8.02. The molecule has 0 unspecified atom stereocenters. The number of rotatable bonds is 3. The van der Waals surface area contributed by atoms with Crippen LogP contribution < -0.4 is 11.1 Å². The summed E-state index contributed by atoms with van der Waals surface area (Å²) in [4.78, 5) is 0. The number of hydrogen-bond acceptors (Lipinski definition) is 2. The Labute approximate surface area is 63.2 Å². The van der Waals surface area contributed by atoms with Crippen molar-refractivity contribution in [2.45, 2.75) is 32.2 Å². The SMILES string of the molecule is CCCC[C@@H]1CNC[C@@H]1N. The normalized spacial score (nSPS) is 33.0. The van der Waals surface area contributed by atoms with E-state index in [1.54, 1.807) is 0 Å². The Hall–Kier alpha value is -0.0800. The van der Waals surface area contributed by atoms with Gasteiger partial charge in [-0.25, -0.2) is 0 Å². The van der Waals surface area contributed by atoms with Crippen molar-refractivity contribution in [3.05, 3.63) is 0 Å². The van der Waals surface area contributed by atoms with Gasteiger partial charge in [-0.2, -0.15) is 0 Å². The van der Waals surface area contributed by atoms with Gasteiger partial charge in [0.05, 0.1) is 0 Å². The highest BCUT2D eigenvalue weighted by Gasteiger charge is 2.21. The molecule has 0 aromatic heterocycles. The van der Waals surface area contributed by atoms with Crippen LogP contribution in [-0.4, -0.2) is 19.1 Å². The molecule has 60 valence electrons. The Morgan fingerprint density at radius 3 is 2.80 bits per heavy atom. The number of hydrogen-bond donors (Lipinski definition) is 2. The predicted molar refractivity (Wildman–Crippen MR) is 43.9 cm³/mol. The van der Waals surface area contributed by atoms with E-state index in [1.807, 2.05) is 0 Å². The van der Waals surface area contributed by atoms with Crippen LogP contribution in [-0.2, 0) is 0 Å². The average molecular weight is 142 g/mol. The van der Waals surface area contributed by atoms with E-state index in [2.05, 4.69) is 12.2 Å². The van der Waals surface area contributed by atoms with Gasteiger partial charge in [-0.3, -0.25) is 0 Å². The molecule has 2 nitrogen and oxygen atoms in total. The largest absolute Gasteiger partial charge is 0.326 e. The van der Waals surface area contributed by atoms with Crippen LogP contribution in [0.25, 0.3) is 0 Å². The van der Waals surface area contributed by atoms with Crippen LogP contribution >= 0.6 is 0 Å². The molecule has 0 saturated carbocycles. The van der Waals surface area contributed by atoms with Gasteiger partial charge in [0.2, 0.25) is 0 Å². The number of nitrogens with two attached hydrogens (primary N) is 1. The van der Waals surface area contributed by atoms with Gasteiger partial charge in [0.1, 0.15) is 0 Å². The third-order valence-corrected chi connectivity index (χ3v) is 2.32. The molecule has 3 N–H and O–H groups in total. The van der Waals surface area contributed by atoms with Crippen LogP contribution in [0.3, 0.4) is 0 Å². The molecule has 1 heterocycles. The lowest BCUT2D eigenvalue weighted by Gasteiger charge is -2.12. The van der Waals surface area contributed by atoms with E-state index >= 15 is 0 Å². The van der Waals surface area contributed by atoms with Gasteiger partial charge in [0.15, 0.2) is 0 Å². The summed E-state index contributed by atoms with van der Waals surface area (Å²) in [6, 6.07) is 0.423. The summed E-state index contributed by atoms with van der Waals surface area (Å²) in [5, 5.41) is 3.31. The molecule has 0 aliphatic carbocycles. The third kappa shape index (κ3) is 1.96. The van der Waals surface area contributed by atoms with Crippen LogP contribution in [0.1, 0.15) is 26.2 Å². The molecule has 1 rings (SSSR count). The maximum absolute atomic E-state index is 5.86. The topological polar surface area (TPSA) is 38.0 Å². The van der Waals surface area contributed by atoms with Crippen LogP contribution in [0.4, 0.5) is 0 Å². The first-order chi connectivity index (χ1) is 4.84. The Bertz CT molecular complexity index is 93.3. The summed E-state index contributed by atoms with van der Waals surface area (Å²) >= 11 is 0. The first-order valence-corrected chi connectivity index (χ1v) is 4.31. The minimum absolute atomic E-state index is 0.423. The van der Waals surface area contributed by atoms with Gasteiger partial charge in [0, 0.05) is 12.6 Å². The molecule has 0 bridgehead atoms. The van der Waals surface area contributed by atoms with Crippen LogP contribution in [0.15, 0.2) is 0 Å². The van der Waals surface area contributed by atoms with Crippen molar-refractivity contribution >= 4 is 0 Å². The smallest absolute Gasteiger partial charge is 0.0206 e. The van der Waals surface area contributed by atoms with Gasteiger partial charge in [-0.05, 0) is 18.9 Å². The zero-order chi connectivity index (χ0) is 7.40. The highest BCUT2D eigenvalue weighted by molar-refractivity contribution is 4.83. The molecule has 1 aliphatic heterocycles. The van der Waals surface area contributed by atoms with Crippen molar-refractivity contribution < 1.29 is 0 Å². The van der Waals surface area contributed by atoms with E-state index < -0.39 is 0 Å². The van der Waals surface area contributed by atoms with Crippen molar-refractivity contribution in [1.29, 1.82) is 0 Å². The molecule has 1 saturated heterocycles. The van der Waals surface area contributed by atoms with Gasteiger partial charge < -0.3 is 11.1 Å². The van der Waals surface area contributed by atoms with Gasteiger partial charge in [-0.1, -0.05) is 19.8 Å². The van der Waals surface area contributed by atoms with E-state index in [9.17, 15) is 0 Å².